The van der Waals surface area contributed by atoms with Crippen molar-refractivity contribution in [2.75, 3.05) is 0 Å². The fourth-order valence-corrected chi connectivity index (χ4v) is 0.872. The van der Waals surface area contributed by atoms with Crippen molar-refractivity contribution in [2.24, 2.45) is 5.73 Å². The molecule has 0 bridgehead atoms. The van der Waals surface area contributed by atoms with E-state index < -0.39 is 6.04 Å². The first kappa shape index (κ1) is 11.1. The molecule has 0 amide bonds. The van der Waals surface area contributed by atoms with Crippen LogP contribution in [0.4, 0.5) is 4.39 Å². The van der Waals surface area contributed by atoms with Gasteiger partial charge in [0.1, 0.15) is 5.82 Å². The molecule has 0 spiro atoms. The van der Waals surface area contributed by atoms with Crippen molar-refractivity contribution < 1.29 is 4.39 Å². The molecule has 0 heterocycles. The van der Waals surface area contributed by atoms with Gasteiger partial charge in [0.25, 0.3) is 0 Å². The number of nitrogens with two attached hydrogens (primary N) is 1. The molecular formula is C9H11ClFN. The summed E-state index contributed by atoms with van der Waals surface area (Å²) in [4.78, 5) is 0. The largest absolute Gasteiger partial charge is 0.321 e. The second kappa shape index (κ2) is 4.91. The maximum absolute atomic E-state index is 12.9. The molecule has 66 valence electrons. The Kier molecular flexibility index (Phi) is 4.55. The van der Waals surface area contributed by atoms with Crippen LogP contribution in [0, 0.1) is 5.82 Å². The predicted molar refractivity (Wildman–Crippen MR) is 50.8 cm³/mol. The first-order valence-electron chi connectivity index (χ1n) is 3.38. The smallest absolute Gasteiger partial charge is 0.128 e. The van der Waals surface area contributed by atoms with Gasteiger partial charge in [0.2, 0.25) is 0 Å². The van der Waals surface area contributed by atoms with E-state index in [9.17, 15) is 4.39 Å². The first-order chi connectivity index (χ1) is 5.25. The van der Waals surface area contributed by atoms with Crippen LogP contribution in [0.25, 0.3) is 0 Å². The average molecular weight is 188 g/mol. The minimum atomic E-state index is -0.406. The molecule has 0 aliphatic heterocycles. The van der Waals surface area contributed by atoms with Gasteiger partial charge in [-0.2, -0.15) is 0 Å². The molecule has 0 aliphatic carbocycles. The van der Waals surface area contributed by atoms with Crippen LogP contribution in [0.3, 0.4) is 0 Å². The Morgan fingerprint density at radius 1 is 1.42 bits per heavy atom. The maximum Gasteiger partial charge on any atom is 0.128 e. The van der Waals surface area contributed by atoms with Gasteiger partial charge < -0.3 is 5.73 Å². The Bertz CT molecular complexity index is 262. The summed E-state index contributed by atoms with van der Waals surface area (Å²) in [7, 11) is 0. The molecule has 0 unspecified atom stereocenters. The van der Waals surface area contributed by atoms with Gasteiger partial charge >= 0.3 is 0 Å². The second-order valence-electron chi connectivity index (χ2n) is 2.28. The lowest BCUT2D eigenvalue weighted by Gasteiger charge is -2.06. The summed E-state index contributed by atoms with van der Waals surface area (Å²) in [6.45, 7) is 3.49. The summed E-state index contributed by atoms with van der Waals surface area (Å²) in [5.74, 6) is -0.278. The third-order valence-electron chi connectivity index (χ3n) is 1.52. The van der Waals surface area contributed by atoms with Crippen LogP contribution < -0.4 is 5.73 Å². The van der Waals surface area contributed by atoms with E-state index in [1.54, 1.807) is 18.2 Å². The van der Waals surface area contributed by atoms with Crippen LogP contribution >= 0.6 is 12.4 Å². The molecule has 0 aliphatic rings. The van der Waals surface area contributed by atoms with E-state index in [1.807, 2.05) is 0 Å². The van der Waals surface area contributed by atoms with E-state index in [2.05, 4.69) is 6.58 Å². The van der Waals surface area contributed by atoms with Gasteiger partial charge in [-0.25, -0.2) is 4.39 Å². The predicted octanol–water partition coefficient (Wildman–Crippen LogP) is 2.43. The number of rotatable bonds is 2. The van der Waals surface area contributed by atoms with Gasteiger partial charge in [-0.1, -0.05) is 24.3 Å². The fraction of sp³-hybridized carbons (Fsp3) is 0.111. The molecule has 1 aromatic carbocycles. The molecule has 1 atom stereocenters. The van der Waals surface area contributed by atoms with Gasteiger partial charge in [-0.3, -0.25) is 0 Å². The fourth-order valence-electron chi connectivity index (χ4n) is 0.872. The van der Waals surface area contributed by atoms with Crippen molar-refractivity contribution in [3.8, 4) is 0 Å². The Morgan fingerprint density at radius 2 is 2.00 bits per heavy atom. The molecule has 0 aromatic heterocycles. The molecular weight excluding hydrogens is 177 g/mol. The van der Waals surface area contributed by atoms with Crippen molar-refractivity contribution in [1.29, 1.82) is 0 Å². The summed E-state index contributed by atoms with van der Waals surface area (Å²) >= 11 is 0. The summed E-state index contributed by atoms with van der Waals surface area (Å²) in [6.07, 6.45) is 1.51. The van der Waals surface area contributed by atoms with E-state index in [0.717, 1.165) is 0 Å². The molecule has 1 aromatic rings. The summed E-state index contributed by atoms with van der Waals surface area (Å²) in [5, 5.41) is 0. The van der Waals surface area contributed by atoms with Gasteiger partial charge in [0.05, 0.1) is 6.04 Å². The molecule has 0 radical (unpaired) electrons. The minimum absolute atomic E-state index is 0. The Labute approximate surface area is 77.5 Å². The van der Waals surface area contributed by atoms with Crippen LogP contribution in [-0.4, -0.2) is 0 Å². The molecule has 0 saturated heterocycles. The molecule has 2 N–H and O–H groups in total. The number of hydrogen-bond acceptors (Lipinski definition) is 1. The first-order valence-corrected chi connectivity index (χ1v) is 3.38. The Balaban J connectivity index is 0.00000121. The van der Waals surface area contributed by atoms with E-state index in [0.29, 0.717) is 5.56 Å². The summed E-state index contributed by atoms with van der Waals surface area (Å²) < 4.78 is 12.9. The van der Waals surface area contributed by atoms with Crippen molar-refractivity contribution in [3.63, 3.8) is 0 Å². The molecule has 3 heteroatoms. The van der Waals surface area contributed by atoms with Gasteiger partial charge in [-0.05, 0) is 6.07 Å². The molecule has 0 fully saturated rings. The highest BCUT2D eigenvalue weighted by Crippen LogP contribution is 2.14. The van der Waals surface area contributed by atoms with Crippen molar-refractivity contribution in [2.45, 2.75) is 6.04 Å². The standard InChI is InChI=1S/C9H10FN.ClH/c1-2-9(11)7-5-3-4-6-8(7)10;/h2-6,9H,1,11H2;1H/t9-;/m1./s1. The van der Waals surface area contributed by atoms with E-state index in [-0.39, 0.29) is 18.2 Å². The lowest BCUT2D eigenvalue weighted by atomic mass is 10.1. The Morgan fingerprint density at radius 3 is 2.50 bits per heavy atom. The Hall–Kier alpha value is -0.860. The highest BCUT2D eigenvalue weighted by Gasteiger charge is 2.05. The topological polar surface area (TPSA) is 26.0 Å². The van der Waals surface area contributed by atoms with Crippen LogP contribution in [0.5, 0.6) is 0 Å². The van der Waals surface area contributed by atoms with Gasteiger partial charge in [0, 0.05) is 5.56 Å². The minimum Gasteiger partial charge on any atom is -0.321 e. The lowest BCUT2D eigenvalue weighted by molar-refractivity contribution is 0.602. The number of hydrogen-bond donors (Lipinski definition) is 1. The molecule has 1 rings (SSSR count). The van der Waals surface area contributed by atoms with Crippen molar-refractivity contribution >= 4 is 12.4 Å². The number of benzene rings is 1. The average Bonchev–Trinajstić information content (AvgIpc) is 2.04. The molecule has 1 nitrogen and oxygen atoms in total. The van der Waals surface area contributed by atoms with Crippen molar-refractivity contribution in [3.05, 3.63) is 48.3 Å². The third-order valence-corrected chi connectivity index (χ3v) is 1.52. The van der Waals surface area contributed by atoms with E-state index in [1.165, 1.54) is 12.1 Å². The van der Waals surface area contributed by atoms with Gasteiger partial charge in [0.15, 0.2) is 0 Å². The zero-order valence-corrected chi connectivity index (χ0v) is 7.35. The van der Waals surface area contributed by atoms with Crippen LogP contribution in [0.15, 0.2) is 36.9 Å². The maximum atomic E-state index is 12.9. The lowest BCUT2D eigenvalue weighted by Crippen LogP contribution is -2.08. The highest BCUT2D eigenvalue weighted by atomic mass is 35.5. The monoisotopic (exact) mass is 187 g/mol. The van der Waals surface area contributed by atoms with Crippen molar-refractivity contribution in [1.82, 2.24) is 0 Å². The third kappa shape index (κ3) is 2.32. The van der Waals surface area contributed by atoms with Crippen LogP contribution in [0.2, 0.25) is 0 Å². The summed E-state index contributed by atoms with van der Waals surface area (Å²) in [5.41, 5.74) is 6.03. The van der Waals surface area contributed by atoms with Crippen LogP contribution in [0.1, 0.15) is 11.6 Å². The molecule has 12 heavy (non-hydrogen) atoms. The van der Waals surface area contributed by atoms with Crippen LogP contribution in [-0.2, 0) is 0 Å². The SMILES string of the molecule is C=C[C@@H](N)c1ccccc1F.Cl. The second-order valence-corrected chi connectivity index (χ2v) is 2.28. The highest BCUT2D eigenvalue weighted by molar-refractivity contribution is 5.85. The zero-order chi connectivity index (χ0) is 8.27. The zero-order valence-electron chi connectivity index (χ0n) is 6.53. The summed E-state index contributed by atoms with van der Waals surface area (Å²) in [6, 6.07) is 6.02. The van der Waals surface area contributed by atoms with Gasteiger partial charge in [-0.15, -0.1) is 19.0 Å². The van der Waals surface area contributed by atoms with E-state index in [4.69, 9.17) is 5.73 Å². The molecule has 0 saturated carbocycles. The van der Waals surface area contributed by atoms with E-state index >= 15 is 0 Å². The number of halogens is 2. The quantitative estimate of drug-likeness (QED) is 0.708. The normalized spacial score (nSPS) is 11.5.